The second kappa shape index (κ2) is 5.70. The SMILES string of the molecule is Cc1nc(N)sc1NN=C1C=C(Cl)C(=[N+]([O-])[O-])C=C1Cl. The van der Waals surface area contributed by atoms with Gasteiger partial charge in [0.15, 0.2) is 5.13 Å². The van der Waals surface area contributed by atoms with Crippen LogP contribution in [0.5, 0.6) is 0 Å². The van der Waals surface area contributed by atoms with Crippen LogP contribution in [0.25, 0.3) is 0 Å². The molecule has 1 aromatic rings. The van der Waals surface area contributed by atoms with Gasteiger partial charge in [0, 0.05) is 6.08 Å². The summed E-state index contributed by atoms with van der Waals surface area (Å²) >= 11 is 12.9. The summed E-state index contributed by atoms with van der Waals surface area (Å²) in [5.74, 6) is 0. The van der Waals surface area contributed by atoms with Gasteiger partial charge in [0.25, 0.3) is 0 Å². The van der Waals surface area contributed by atoms with Gasteiger partial charge in [-0.3, -0.25) is 5.43 Å². The van der Waals surface area contributed by atoms with E-state index in [1.807, 2.05) is 0 Å². The van der Waals surface area contributed by atoms with Crippen molar-refractivity contribution in [3.63, 3.8) is 0 Å². The second-order valence-electron chi connectivity index (χ2n) is 3.70. The van der Waals surface area contributed by atoms with Crippen molar-refractivity contribution in [1.82, 2.24) is 4.98 Å². The van der Waals surface area contributed by atoms with E-state index >= 15 is 0 Å². The summed E-state index contributed by atoms with van der Waals surface area (Å²) in [6, 6.07) is 0. The summed E-state index contributed by atoms with van der Waals surface area (Å²) < 4.78 is 0. The number of hydrazone groups is 1. The fourth-order valence-corrected chi connectivity index (χ4v) is 2.49. The molecule has 1 aromatic heterocycles. The van der Waals surface area contributed by atoms with Crippen molar-refractivity contribution >= 4 is 56.1 Å². The molecular weight excluding hydrogens is 325 g/mol. The van der Waals surface area contributed by atoms with Crippen molar-refractivity contribution in [2.75, 3.05) is 11.2 Å². The molecule has 7 nitrogen and oxygen atoms in total. The Hall–Kier alpha value is -1.77. The van der Waals surface area contributed by atoms with E-state index in [-0.39, 0.29) is 21.5 Å². The number of hydrogen-bond acceptors (Lipinski definition) is 7. The van der Waals surface area contributed by atoms with Gasteiger partial charge in [0.2, 0.25) is 5.71 Å². The van der Waals surface area contributed by atoms with Crippen LogP contribution in [0, 0.1) is 17.3 Å². The second-order valence-corrected chi connectivity index (χ2v) is 5.55. The fraction of sp³-hybridized carbons (Fsp3) is 0.100. The van der Waals surface area contributed by atoms with Crippen LogP contribution >= 0.6 is 34.5 Å². The van der Waals surface area contributed by atoms with Gasteiger partial charge in [-0.2, -0.15) is 10.0 Å². The lowest BCUT2D eigenvalue weighted by Gasteiger charge is -2.12. The molecule has 0 saturated carbocycles. The quantitative estimate of drug-likeness (QED) is 0.490. The first kappa shape index (κ1) is 14.6. The summed E-state index contributed by atoms with van der Waals surface area (Å²) in [4.78, 5) is 3.41. The van der Waals surface area contributed by atoms with Gasteiger partial charge in [-0.15, -0.1) is 0 Å². The summed E-state index contributed by atoms with van der Waals surface area (Å²) in [5.41, 5.74) is 9.03. The standard InChI is InChI=1S/C10H8Cl2N5O2S/c1-4-9(20-10(13)14-4)16-15-7-2-6(12)8(17(18)19)3-5(7)11/h2-3,16H,1H3,(H2-,13,14,18,19)/q-1. The Morgan fingerprint density at radius 1 is 1.35 bits per heavy atom. The maximum Gasteiger partial charge on any atom is 0.243 e. The van der Waals surface area contributed by atoms with E-state index in [9.17, 15) is 10.4 Å². The van der Waals surface area contributed by atoms with Crippen molar-refractivity contribution in [1.29, 1.82) is 0 Å². The van der Waals surface area contributed by atoms with Gasteiger partial charge in [-0.05, 0) is 13.0 Å². The van der Waals surface area contributed by atoms with Crippen molar-refractivity contribution in [2.45, 2.75) is 6.92 Å². The molecule has 106 valence electrons. The number of hydrogen-bond donors (Lipinski definition) is 2. The van der Waals surface area contributed by atoms with Crippen LogP contribution in [0.4, 0.5) is 10.1 Å². The van der Waals surface area contributed by atoms with E-state index in [2.05, 4.69) is 15.5 Å². The normalized spacial score (nSPS) is 16.9. The lowest BCUT2D eigenvalue weighted by molar-refractivity contribution is -0.377. The number of allylic oxidation sites excluding steroid dienone is 4. The Morgan fingerprint density at radius 3 is 2.60 bits per heavy atom. The number of aryl methyl sites for hydroxylation is 1. The predicted molar refractivity (Wildman–Crippen MR) is 82.2 cm³/mol. The van der Waals surface area contributed by atoms with Crippen LogP contribution in [0.2, 0.25) is 0 Å². The first-order chi connectivity index (χ1) is 9.38. The van der Waals surface area contributed by atoms with Crippen LogP contribution in [0.3, 0.4) is 0 Å². The third kappa shape index (κ3) is 3.03. The van der Waals surface area contributed by atoms with E-state index in [1.165, 1.54) is 17.4 Å². The number of nitrogens with one attached hydrogen (secondary N) is 1. The summed E-state index contributed by atoms with van der Waals surface area (Å²) in [7, 11) is 0. The zero-order valence-electron chi connectivity index (χ0n) is 10.1. The molecule has 0 saturated heterocycles. The monoisotopic (exact) mass is 332 g/mol. The molecule has 0 unspecified atom stereocenters. The van der Waals surface area contributed by atoms with E-state index in [0.717, 1.165) is 6.08 Å². The Kier molecular flexibility index (Phi) is 4.17. The highest BCUT2D eigenvalue weighted by Crippen LogP contribution is 2.26. The number of nitrogens with zero attached hydrogens (tertiary/aromatic N) is 3. The molecule has 2 rings (SSSR count). The summed E-state index contributed by atoms with van der Waals surface area (Å²) in [5, 5.41) is 26.6. The lowest BCUT2D eigenvalue weighted by Crippen LogP contribution is -2.15. The van der Waals surface area contributed by atoms with E-state index in [1.54, 1.807) is 6.92 Å². The summed E-state index contributed by atoms with van der Waals surface area (Å²) in [6.07, 6.45) is 2.47. The highest BCUT2D eigenvalue weighted by molar-refractivity contribution is 7.19. The average molecular weight is 333 g/mol. The molecule has 1 aliphatic carbocycles. The zero-order valence-corrected chi connectivity index (χ0v) is 12.4. The topological polar surface area (TPSA) is 112 Å². The molecule has 0 fully saturated rings. The van der Waals surface area contributed by atoms with Crippen molar-refractivity contribution in [3.05, 3.63) is 38.3 Å². The van der Waals surface area contributed by atoms with Crippen molar-refractivity contribution in [2.24, 2.45) is 5.10 Å². The molecule has 3 N–H and O–H groups in total. The molecule has 20 heavy (non-hydrogen) atoms. The molecule has 0 amide bonds. The van der Waals surface area contributed by atoms with Crippen LogP contribution in [0.1, 0.15) is 5.69 Å². The largest absolute Gasteiger partial charge is 0.612 e. The zero-order chi connectivity index (χ0) is 14.9. The molecule has 1 aliphatic rings. The average Bonchev–Trinajstić information content (AvgIpc) is 2.68. The predicted octanol–water partition coefficient (Wildman–Crippen LogP) is 2.51. The van der Waals surface area contributed by atoms with Crippen molar-refractivity contribution < 1.29 is 4.90 Å². The maximum absolute atomic E-state index is 10.7. The number of thiazole rings is 1. The Bertz CT molecular complexity index is 673. The minimum atomic E-state index is -0.612. The van der Waals surface area contributed by atoms with Crippen molar-refractivity contribution in [3.8, 4) is 0 Å². The number of aromatic nitrogens is 1. The molecule has 0 bridgehead atoms. The highest BCUT2D eigenvalue weighted by atomic mass is 35.5. The van der Waals surface area contributed by atoms with Crippen LogP contribution < -0.4 is 11.2 Å². The lowest BCUT2D eigenvalue weighted by atomic mass is 10.1. The molecule has 0 spiro atoms. The fourth-order valence-electron chi connectivity index (χ4n) is 1.38. The van der Waals surface area contributed by atoms with Crippen LogP contribution in [-0.2, 0) is 0 Å². The van der Waals surface area contributed by atoms with E-state index < -0.39 is 4.90 Å². The van der Waals surface area contributed by atoms with Gasteiger partial charge in [0.05, 0.1) is 10.7 Å². The number of nitrogens with two attached hydrogens (primary N) is 1. The van der Waals surface area contributed by atoms with Crippen LogP contribution in [-0.4, -0.2) is 21.3 Å². The molecule has 0 aliphatic heterocycles. The molecule has 0 aromatic carbocycles. The minimum Gasteiger partial charge on any atom is -0.612 e. The van der Waals surface area contributed by atoms with E-state index in [0.29, 0.717) is 15.8 Å². The number of halogens is 2. The summed E-state index contributed by atoms with van der Waals surface area (Å²) in [6.45, 7) is 1.77. The third-order valence-electron chi connectivity index (χ3n) is 2.30. The Morgan fingerprint density at radius 2 is 2.05 bits per heavy atom. The molecule has 1 heterocycles. The Labute approximate surface area is 127 Å². The van der Waals surface area contributed by atoms with Gasteiger partial charge in [0.1, 0.15) is 15.7 Å². The smallest absolute Gasteiger partial charge is 0.243 e. The Balaban J connectivity index is 2.26. The third-order valence-corrected chi connectivity index (χ3v) is 3.80. The molecule has 0 radical (unpaired) electrons. The van der Waals surface area contributed by atoms with E-state index in [4.69, 9.17) is 28.9 Å². The highest BCUT2D eigenvalue weighted by Gasteiger charge is 2.19. The number of nitrogen functional groups attached to an aromatic ring is 1. The van der Waals surface area contributed by atoms with Gasteiger partial charge in [-0.1, -0.05) is 34.5 Å². The number of anilines is 2. The van der Waals surface area contributed by atoms with Gasteiger partial charge >= 0.3 is 0 Å². The first-order valence-electron chi connectivity index (χ1n) is 5.21. The molecule has 10 heteroatoms. The first-order valence-corrected chi connectivity index (χ1v) is 6.79. The van der Waals surface area contributed by atoms with Gasteiger partial charge in [-0.25, -0.2) is 4.98 Å². The molecular formula is C10H8Cl2N5O2S-. The molecule has 0 atom stereocenters. The number of rotatable bonds is 2. The maximum atomic E-state index is 10.7. The van der Waals surface area contributed by atoms with Gasteiger partial charge < -0.3 is 16.1 Å². The van der Waals surface area contributed by atoms with Crippen LogP contribution in [0.15, 0.2) is 27.3 Å². The minimum absolute atomic E-state index is 0.0412.